The van der Waals surface area contributed by atoms with E-state index in [1.165, 1.54) is 18.9 Å². The van der Waals surface area contributed by atoms with Gasteiger partial charge in [0.25, 0.3) is 0 Å². The molecule has 2 atom stereocenters. The van der Waals surface area contributed by atoms with Gasteiger partial charge in [-0.1, -0.05) is 6.07 Å². The predicted octanol–water partition coefficient (Wildman–Crippen LogP) is 3.24. The number of rotatable bonds is 2. The van der Waals surface area contributed by atoms with Crippen LogP contribution in [0.2, 0.25) is 0 Å². The zero-order chi connectivity index (χ0) is 13.4. The van der Waals surface area contributed by atoms with Crippen LogP contribution < -0.4 is 4.90 Å². The number of alkyl halides is 1. The first-order valence-corrected chi connectivity index (χ1v) is 7.54. The quantitative estimate of drug-likeness (QED) is 0.769. The van der Waals surface area contributed by atoms with Crippen LogP contribution in [0.3, 0.4) is 0 Å². The van der Waals surface area contributed by atoms with Crippen LogP contribution >= 0.6 is 11.6 Å². The van der Waals surface area contributed by atoms with Crippen LogP contribution in [0.15, 0.2) is 18.2 Å². The van der Waals surface area contributed by atoms with E-state index in [1.54, 1.807) is 6.07 Å². The molecule has 0 saturated carbocycles. The number of halogens is 2. The second-order valence-corrected chi connectivity index (χ2v) is 5.92. The van der Waals surface area contributed by atoms with Crippen molar-refractivity contribution in [1.29, 1.82) is 0 Å². The minimum Gasteiger partial charge on any atom is -0.370 e. The van der Waals surface area contributed by atoms with Gasteiger partial charge in [0, 0.05) is 36.4 Å². The fourth-order valence-corrected chi connectivity index (χ4v) is 3.77. The highest BCUT2D eigenvalue weighted by Crippen LogP contribution is 2.33. The van der Waals surface area contributed by atoms with Crippen LogP contribution in [-0.4, -0.2) is 37.1 Å². The molecule has 0 aromatic heterocycles. The molecule has 19 heavy (non-hydrogen) atoms. The fraction of sp³-hybridized carbons (Fsp3) is 0.600. The molecule has 2 unspecified atom stereocenters. The first kappa shape index (κ1) is 13.2. The Morgan fingerprint density at radius 1 is 1.26 bits per heavy atom. The molecule has 2 fully saturated rings. The van der Waals surface area contributed by atoms with Crippen LogP contribution in [0.4, 0.5) is 10.1 Å². The molecule has 2 heterocycles. The zero-order valence-corrected chi connectivity index (χ0v) is 12.0. The van der Waals surface area contributed by atoms with Crippen LogP contribution in [-0.2, 0) is 5.88 Å². The molecular formula is C15H20ClFN2. The van der Waals surface area contributed by atoms with E-state index in [-0.39, 0.29) is 11.7 Å². The summed E-state index contributed by atoms with van der Waals surface area (Å²) in [5.41, 5.74) is 1.63. The molecule has 2 bridgehead atoms. The molecule has 0 aliphatic carbocycles. The molecule has 2 aliphatic rings. The van der Waals surface area contributed by atoms with Crippen LogP contribution in [0.25, 0.3) is 0 Å². The van der Waals surface area contributed by atoms with Crippen molar-refractivity contribution in [2.45, 2.75) is 37.2 Å². The Morgan fingerprint density at radius 2 is 2.05 bits per heavy atom. The highest BCUT2D eigenvalue weighted by molar-refractivity contribution is 6.17. The summed E-state index contributed by atoms with van der Waals surface area (Å²) in [5, 5.41) is 0. The van der Waals surface area contributed by atoms with Crippen molar-refractivity contribution in [3.05, 3.63) is 29.6 Å². The normalized spacial score (nSPS) is 27.6. The smallest absolute Gasteiger partial charge is 0.129 e. The third-order valence-electron chi connectivity index (χ3n) is 4.72. The molecule has 104 valence electrons. The third kappa shape index (κ3) is 2.34. The van der Waals surface area contributed by atoms with Gasteiger partial charge in [-0.25, -0.2) is 4.39 Å². The third-order valence-corrected chi connectivity index (χ3v) is 4.98. The second-order valence-electron chi connectivity index (χ2n) is 5.66. The lowest BCUT2D eigenvalue weighted by atomic mass is 10.1. The van der Waals surface area contributed by atoms with Crippen molar-refractivity contribution in [1.82, 2.24) is 4.90 Å². The van der Waals surface area contributed by atoms with Gasteiger partial charge in [-0.3, -0.25) is 4.90 Å². The second kappa shape index (κ2) is 5.29. The van der Waals surface area contributed by atoms with Gasteiger partial charge < -0.3 is 4.90 Å². The van der Waals surface area contributed by atoms with Gasteiger partial charge in [0.1, 0.15) is 5.82 Å². The van der Waals surface area contributed by atoms with E-state index in [0.717, 1.165) is 25.2 Å². The fourth-order valence-electron chi connectivity index (χ4n) is 3.50. The first-order chi connectivity index (χ1) is 9.20. The van der Waals surface area contributed by atoms with Crippen LogP contribution in [0, 0.1) is 5.82 Å². The van der Waals surface area contributed by atoms with Crippen molar-refractivity contribution in [3.63, 3.8) is 0 Å². The molecule has 1 aromatic rings. The van der Waals surface area contributed by atoms with Crippen molar-refractivity contribution in [3.8, 4) is 0 Å². The molecule has 0 radical (unpaired) electrons. The lowest BCUT2D eigenvalue weighted by molar-refractivity contribution is 0.254. The van der Waals surface area contributed by atoms with Gasteiger partial charge in [-0.05, 0) is 38.4 Å². The summed E-state index contributed by atoms with van der Waals surface area (Å²) >= 11 is 5.93. The number of benzene rings is 1. The van der Waals surface area contributed by atoms with E-state index in [2.05, 4.69) is 16.8 Å². The Balaban J connectivity index is 1.89. The van der Waals surface area contributed by atoms with Crippen molar-refractivity contribution < 1.29 is 4.39 Å². The Hall–Kier alpha value is -0.800. The molecule has 4 heteroatoms. The van der Waals surface area contributed by atoms with E-state index in [4.69, 9.17) is 11.6 Å². The summed E-state index contributed by atoms with van der Waals surface area (Å²) in [6, 6.07) is 6.58. The Morgan fingerprint density at radius 3 is 2.84 bits per heavy atom. The van der Waals surface area contributed by atoms with Crippen molar-refractivity contribution in [2.24, 2.45) is 0 Å². The van der Waals surface area contributed by atoms with Gasteiger partial charge in [-0.15, -0.1) is 11.6 Å². The van der Waals surface area contributed by atoms with E-state index < -0.39 is 0 Å². The lowest BCUT2D eigenvalue weighted by Crippen LogP contribution is -2.37. The molecule has 3 rings (SSSR count). The van der Waals surface area contributed by atoms with Gasteiger partial charge in [0.2, 0.25) is 0 Å². The number of hydrogen-bond donors (Lipinski definition) is 0. The summed E-state index contributed by atoms with van der Waals surface area (Å²) in [4.78, 5) is 4.82. The lowest BCUT2D eigenvalue weighted by Gasteiger charge is -2.29. The number of nitrogens with zero attached hydrogens (tertiary/aromatic N) is 2. The SMILES string of the molecule is CN1C2CCC1CN(c1cccc(F)c1CCl)CC2. The largest absolute Gasteiger partial charge is 0.370 e. The number of anilines is 1. The molecule has 2 saturated heterocycles. The van der Waals surface area contributed by atoms with Gasteiger partial charge in [-0.2, -0.15) is 0 Å². The zero-order valence-electron chi connectivity index (χ0n) is 11.3. The van der Waals surface area contributed by atoms with E-state index in [1.807, 2.05) is 6.07 Å². The molecule has 2 aliphatic heterocycles. The standard InChI is InChI=1S/C15H20ClFN2/c1-18-11-5-6-12(18)10-19(8-7-11)15-4-2-3-14(17)13(15)9-16/h2-4,11-12H,5-10H2,1H3. The highest BCUT2D eigenvalue weighted by atomic mass is 35.5. The summed E-state index contributed by atoms with van der Waals surface area (Å²) in [5.74, 6) is 0.0536. The van der Waals surface area contributed by atoms with E-state index in [9.17, 15) is 4.39 Å². The predicted molar refractivity (Wildman–Crippen MR) is 77.4 cm³/mol. The summed E-state index contributed by atoms with van der Waals surface area (Å²) in [6.07, 6.45) is 3.72. The van der Waals surface area contributed by atoms with Crippen molar-refractivity contribution >= 4 is 17.3 Å². The minimum atomic E-state index is -0.185. The Kier molecular flexibility index (Phi) is 3.68. The minimum absolute atomic E-state index is 0.185. The molecular weight excluding hydrogens is 263 g/mol. The van der Waals surface area contributed by atoms with Crippen LogP contribution in [0.5, 0.6) is 0 Å². The topological polar surface area (TPSA) is 6.48 Å². The number of likely N-dealkylation sites (N-methyl/N-ethyl adjacent to an activating group) is 1. The average molecular weight is 283 g/mol. The summed E-state index contributed by atoms with van der Waals surface area (Å²) < 4.78 is 13.8. The summed E-state index contributed by atoms with van der Waals surface area (Å²) in [6.45, 7) is 1.99. The molecule has 2 nitrogen and oxygen atoms in total. The van der Waals surface area contributed by atoms with Crippen molar-refractivity contribution in [2.75, 3.05) is 25.0 Å². The highest BCUT2D eigenvalue weighted by Gasteiger charge is 2.35. The van der Waals surface area contributed by atoms with Gasteiger partial charge in [0.05, 0.1) is 5.88 Å². The van der Waals surface area contributed by atoms with E-state index >= 15 is 0 Å². The maximum atomic E-state index is 13.8. The maximum Gasteiger partial charge on any atom is 0.129 e. The average Bonchev–Trinajstić information content (AvgIpc) is 2.63. The van der Waals surface area contributed by atoms with Gasteiger partial charge >= 0.3 is 0 Å². The Labute approximate surface area is 119 Å². The molecule has 1 aromatic carbocycles. The first-order valence-electron chi connectivity index (χ1n) is 7.01. The van der Waals surface area contributed by atoms with Crippen LogP contribution in [0.1, 0.15) is 24.8 Å². The molecule has 0 spiro atoms. The number of fused-ring (bicyclic) bond motifs is 2. The monoisotopic (exact) mass is 282 g/mol. The maximum absolute atomic E-state index is 13.8. The van der Waals surface area contributed by atoms with E-state index in [0.29, 0.717) is 17.6 Å². The van der Waals surface area contributed by atoms with Gasteiger partial charge in [0.15, 0.2) is 0 Å². The molecule has 0 N–H and O–H groups in total. The number of hydrogen-bond acceptors (Lipinski definition) is 2. The molecule has 0 amide bonds. The summed E-state index contributed by atoms with van der Waals surface area (Å²) in [7, 11) is 2.22. The Bertz CT molecular complexity index is 465.